The topological polar surface area (TPSA) is 90.9 Å². The highest BCUT2D eigenvalue weighted by Gasteiger charge is 2.24. The van der Waals surface area contributed by atoms with Gasteiger partial charge in [0.1, 0.15) is 5.75 Å². The fraction of sp³-hybridized carbons (Fsp3) is 0.500. The van der Waals surface area contributed by atoms with Gasteiger partial charge in [-0.3, -0.25) is 4.79 Å². The number of methoxy groups -OCH3 is 1. The second-order valence-electron chi connectivity index (χ2n) is 5.55. The lowest BCUT2D eigenvalue weighted by molar-refractivity contribution is -0.136. The quantitative estimate of drug-likeness (QED) is 0.704. The Kier molecular flexibility index (Phi) is 6.08. The van der Waals surface area contributed by atoms with E-state index in [0.29, 0.717) is 12.5 Å². The maximum absolute atomic E-state index is 11.6. The Balaban J connectivity index is 1.75. The van der Waals surface area contributed by atoms with Gasteiger partial charge in [0, 0.05) is 26.2 Å². The number of nitrogens with zero attached hydrogens (tertiary/aromatic N) is 1. The molecule has 3 N–H and O–H groups in total. The van der Waals surface area contributed by atoms with Gasteiger partial charge >= 0.3 is 12.0 Å². The molecule has 7 heteroatoms. The van der Waals surface area contributed by atoms with Crippen LogP contribution in [0.3, 0.4) is 0 Å². The summed E-state index contributed by atoms with van der Waals surface area (Å²) < 4.78 is 5.39. The molecule has 1 unspecified atom stereocenters. The minimum Gasteiger partial charge on any atom is -0.495 e. The first-order valence-corrected chi connectivity index (χ1v) is 7.71. The molecule has 0 spiro atoms. The molecule has 1 heterocycles. The van der Waals surface area contributed by atoms with Crippen LogP contribution in [0.25, 0.3) is 0 Å². The number of carbonyl (C=O) groups excluding carboxylic acids is 1. The van der Waals surface area contributed by atoms with Crippen LogP contribution in [0.4, 0.5) is 10.5 Å². The van der Waals surface area contributed by atoms with Crippen LogP contribution in [-0.2, 0) is 4.79 Å². The van der Waals surface area contributed by atoms with E-state index >= 15 is 0 Å². The number of nitrogens with one attached hydrogen (secondary N) is 2. The van der Waals surface area contributed by atoms with Crippen LogP contribution in [-0.4, -0.2) is 50.4 Å². The molecule has 0 aromatic heterocycles. The van der Waals surface area contributed by atoms with E-state index in [-0.39, 0.29) is 19.0 Å². The molecule has 0 aliphatic carbocycles. The van der Waals surface area contributed by atoms with E-state index in [1.165, 1.54) is 0 Å². The van der Waals surface area contributed by atoms with Gasteiger partial charge in [-0.1, -0.05) is 12.1 Å². The van der Waals surface area contributed by atoms with Crippen molar-refractivity contribution < 1.29 is 19.4 Å². The summed E-state index contributed by atoms with van der Waals surface area (Å²) in [6.07, 6.45) is 0.923. The molecule has 2 rings (SSSR count). The molecule has 7 nitrogen and oxygen atoms in total. The number of para-hydroxylation sites is 2. The second-order valence-corrected chi connectivity index (χ2v) is 5.55. The largest absolute Gasteiger partial charge is 0.495 e. The van der Waals surface area contributed by atoms with Crippen molar-refractivity contribution in [3.8, 4) is 5.75 Å². The van der Waals surface area contributed by atoms with Crippen molar-refractivity contribution in [1.29, 1.82) is 0 Å². The van der Waals surface area contributed by atoms with Crippen molar-refractivity contribution in [1.82, 2.24) is 10.6 Å². The van der Waals surface area contributed by atoms with E-state index in [4.69, 9.17) is 9.84 Å². The molecule has 126 valence electrons. The number of carboxylic acids is 1. The molecule has 23 heavy (non-hydrogen) atoms. The monoisotopic (exact) mass is 321 g/mol. The molecule has 1 saturated heterocycles. The summed E-state index contributed by atoms with van der Waals surface area (Å²) in [5, 5.41) is 13.9. The van der Waals surface area contributed by atoms with Gasteiger partial charge in [-0.25, -0.2) is 4.79 Å². The number of anilines is 1. The van der Waals surface area contributed by atoms with E-state index in [0.717, 1.165) is 30.9 Å². The average Bonchev–Trinajstić information content (AvgIpc) is 3.01. The number of carbonyl (C=O) groups is 2. The van der Waals surface area contributed by atoms with Gasteiger partial charge in [0.15, 0.2) is 0 Å². The van der Waals surface area contributed by atoms with Crippen molar-refractivity contribution in [2.75, 3.05) is 38.2 Å². The lowest BCUT2D eigenvalue weighted by atomic mass is 10.1. The second kappa shape index (κ2) is 8.26. The summed E-state index contributed by atoms with van der Waals surface area (Å²) in [6.45, 7) is 2.49. The van der Waals surface area contributed by atoms with Gasteiger partial charge in [0.05, 0.1) is 19.2 Å². The normalized spacial score (nSPS) is 16.9. The number of hydrogen-bond donors (Lipinski definition) is 3. The van der Waals surface area contributed by atoms with Gasteiger partial charge in [-0.2, -0.15) is 0 Å². The minimum atomic E-state index is -0.923. The van der Waals surface area contributed by atoms with Gasteiger partial charge in [-0.15, -0.1) is 0 Å². The van der Waals surface area contributed by atoms with Gasteiger partial charge in [0.2, 0.25) is 0 Å². The summed E-state index contributed by atoms with van der Waals surface area (Å²) in [5.41, 5.74) is 1.07. The fourth-order valence-corrected chi connectivity index (χ4v) is 2.69. The summed E-state index contributed by atoms with van der Waals surface area (Å²) in [7, 11) is 1.66. The molecule has 1 aliphatic rings. The van der Waals surface area contributed by atoms with Crippen LogP contribution < -0.4 is 20.3 Å². The van der Waals surface area contributed by atoms with Crippen molar-refractivity contribution in [3.63, 3.8) is 0 Å². The van der Waals surface area contributed by atoms with E-state index in [1.807, 2.05) is 24.3 Å². The van der Waals surface area contributed by atoms with Crippen molar-refractivity contribution >= 4 is 17.7 Å². The minimum absolute atomic E-state index is 0.0710. The van der Waals surface area contributed by atoms with Gasteiger partial charge < -0.3 is 25.4 Å². The number of ether oxygens (including phenoxy) is 1. The standard InChI is InChI=1S/C16H23N3O4/c1-23-14-5-3-2-4-13(14)19-9-7-12(11-19)10-18-16(22)17-8-6-15(20)21/h2-5,12H,6-11H2,1H3,(H,20,21)(H2,17,18,22). The van der Waals surface area contributed by atoms with Crippen LogP contribution >= 0.6 is 0 Å². The fourth-order valence-electron chi connectivity index (χ4n) is 2.69. The molecule has 2 amide bonds. The van der Waals surface area contributed by atoms with Crippen LogP contribution in [0.2, 0.25) is 0 Å². The predicted octanol–water partition coefficient (Wildman–Crippen LogP) is 1.30. The number of urea groups is 1. The van der Waals surface area contributed by atoms with Crippen LogP contribution in [0.5, 0.6) is 5.75 Å². The summed E-state index contributed by atoms with van der Waals surface area (Å²) >= 11 is 0. The van der Waals surface area contributed by atoms with E-state index < -0.39 is 5.97 Å². The van der Waals surface area contributed by atoms with Gasteiger partial charge in [0.25, 0.3) is 0 Å². The molecule has 1 fully saturated rings. The maximum atomic E-state index is 11.6. The molecule has 1 atom stereocenters. The van der Waals surface area contributed by atoms with Crippen LogP contribution in [0, 0.1) is 5.92 Å². The molecular formula is C16H23N3O4. The van der Waals surface area contributed by atoms with E-state index in [2.05, 4.69) is 15.5 Å². The predicted molar refractivity (Wildman–Crippen MR) is 87.0 cm³/mol. The number of hydrogen-bond acceptors (Lipinski definition) is 4. The SMILES string of the molecule is COc1ccccc1N1CCC(CNC(=O)NCCC(=O)O)C1. The lowest BCUT2D eigenvalue weighted by Gasteiger charge is -2.21. The maximum Gasteiger partial charge on any atom is 0.314 e. The number of carboxylic acid groups (broad SMARTS) is 1. The number of amides is 2. The molecular weight excluding hydrogens is 298 g/mol. The first-order valence-electron chi connectivity index (χ1n) is 7.71. The smallest absolute Gasteiger partial charge is 0.314 e. The Bertz CT molecular complexity index is 550. The zero-order valence-electron chi connectivity index (χ0n) is 13.2. The zero-order valence-corrected chi connectivity index (χ0v) is 13.2. The highest BCUT2D eigenvalue weighted by molar-refractivity contribution is 5.75. The summed E-state index contributed by atoms with van der Waals surface area (Å²) in [6, 6.07) is 7.59. The number of benzene rings is 1. The molecule has 1 aromatic carbocycles. The van der Waals surface area contributed by atoms with Crippen LogP contribution in [0.15, 0.2) is 24.3 Å². The van der Waals surface area contributed by atoms with Crippen molar-refractivity contribution in [2.45, 2.75) is 12.8 Å². The Labute approximate surface area is 135 Å². The third-order valence-corrected chi connectivity index (χ3v) is 3.89. The molecule has 0 saturated carbocycles. The first kappa shape index (κ1) is 16.9. The Morgan fingerprint density at radius 2 is 2.13 bits per heavy atom. The van der Waals surface area contributed by atoms with Crippen LogP contribution in [0.1, 0.15) is 12.8 Å². The molecule has 1 aliphatic heterocycles. The molecule has 0 bridgehead atoms. The zero-order chi connectivity index (χ0) is 16.7. The van der Waals surface area contributed by atoms with Gasteiger partial charge in [-0.05, 0) is 24.5 Å². The first-order chi connectivity index (χ1) is 11.1. The van der Waals surface area contributed by atoms with Crippen molar-refractivity contribution in [2.24, 2.45) is 5.92 Å². The lowest BCUT2D eigenvalue weighted by Crippen LogP contribution is -2.39. The van der Waals surface area contributed by atoms with E-state index in [1.54, 1.807) is 7.11 Å². The summed E-state index contributed by atoms with van der Waals surface area (Å²) in [5.74, 6) is 0.297. The highest BCUT2D eigenvalue weighted by Crippen LogP contribution is 2.31. The molecule has 1 aromatic rings. The third kappa shape index (κ3) is 5.05. The van der Waals surface area contributed by atoms with Crippen molar-refractivity contribution in [3.05, 3.63) is 24.3 Å². The molecule has 0 radical (unpaired) electrons. The average molecular weight is 321 g/mol. The Morgan fingerprint density at radius 3 is 2.87 bits per heavy atom. The Morgan fingerprint density at radius 1 is 1.35 bits per heavy atom. The summed E-state index contributed by atoms with van der Waals surface area (Å²) in [4.78, 5) is 24.2. The third-order valence-electron chi connectivity index (χ3n) is 3.89. The van der Waals surface area contributed by atoms with E-state index in [9.17, 15) is 9.59 Å². The highest BCUT2D eigenvalue weighted by atomic mass is 16.5. The number of aliphatic carboxylic acids is 1. The number of rotatable bonds is 7. The Hall–Kier alpha value is -2.44.